The molecule has 4 rings (SSSR count). The fourth-order valence-electron chi connectivity index (χ4n) is 3.19. The predicted octanol–water partition coefficient (Wildman–Crippen LogP) is 2.60. The Kier molecular flexibility index (Phi) is 3.18. The van der Waals surface area contributed by atoms with E-state index < -0.39 is 11.9 Å². The van der Waals surface area contributed by atoms with Crippen LogP contribution in [0.25, 0.3) is 0 Å². The lowest BCUT2D eigenvalue weighted by Crippen LogP contribution is -2.27. The molecule has 0 aliphatic heterocycles. The van der Waals surface area contributed by atoms with E-state index in [2.05, 4.69) is 10.5 Å². The number of amides is 1. The third-order valence-corrected chi connectivity index (χ3v) is 4.56. The number of aliphatic carboxylic acids is 1. The van der Waals surface area contributed by atoms with Crippen LogP contribution in [0.1, 0.15) is 64.5 Å². The minimum atomic E-state index is -0.869. The summed E-state index contributed by atoms with van der Waals surface area (Å²) >= 11 is 0. The number of aromatic nitrogens is 1. The molecule has 23 heavy (non-hydrogen) atoms. The average molecular weight is 312 g/mol. The minimum absolute atomic E-state index is 0.253. The molecule has 6 heteroatoms. The SMILES string of the molecule is O=C(NC1CC(C(=O)O)c2ccccc21)c1cc(C2CC2)on1. The Balaban J connectivity index is 1.54. The number of carbonyl (C=O) groups is 2. The molecule has 1 aromatic heterocycles. The van der Waals surface area contributed by atoms with E-state index in [1.807, 2.05) is 24.3 Å². The third kappa shape index (κ3) is 2.50. The maximum Gasteiger partial charge on any atom is 0.311 e. The van der Waals surface area contributed by atoms with Gasteiger partial charge in [0.15, 0.2) is 5.69 Å². The average Bonchev–Trinajstić information content (AvgIpc) is 3.15. The highest BCUT2D eigenvalue weighted by molar-refractivity contribution is 5.93. The number of fused-ring (bicyclic) bond motifs is 1. The zero-order chi connectivity index (χ0) is 16.0. The van der Waals surface area contributed by atoms with Crippen LogP contribution >= 0.6 is 0 Å². The molecule has 2 aliphatic rings. The fraction of sp³-hybridized carbons (Fsp3) is 0.353. The van der Waals surface area contributed by atoms with E-state index in [-0.39, 0.29) is 17.6 Å². The van der Waals surface area contributed by atoms with Crippen LogP contribution < -0.4 is 5.32 Å². The van der Waals surface area contributed by atoms with Crippen molar-refractivity contribution < 1.29 is 19.2 Å². The molecule has 1 saturated carbocycles. The molecule has 6 nitrogen and oxygen atoms in total. The van der Waals surface area contributed by atoms with Crippen molar-refractivity contribution in [1.82, 2.24) is 10.5 Å². The van der Waals surface area contributed by atoms with Crippen LogP contribution in [0, 0.1) is 0 Å². The number of carbonyl (C=O) groups excluding carboxylic acids is 1. The quantitative estimate of drug-likeness (QED) is 0.905. The van der Waals surface area contributed by atoms with Gasteiger partial charge in [-0.05, 0) is 30.4 Å². The van der Waals surface area contributed by atoms with Gasteiger partial charge in [0.05, 0.1) is 12.0 Å². The number of hydrogen-bond acceptors (Lipinski definition) is 4. The van der Waals surface area contributed by atoms with E-state index in [0.717, 1.165) is 29.7 Å². The Morgan fingerprint density at radius 2 is 1.96 bits per heavy atom. The Morgan fingerprint density at radius 3 is 2.65 bits per heavy atom. The first-order valence-electron chi connectivity index (χ1n) is 7.72. The molecule has 118 valence electrons. The summed E-state index contributed by atoms with van der Waals surface area (Å²) in [6, 6.07) is 8.70. The van der Waals surface area contributed by atoms with Gasteiger partial charge in [-0.1, -0.05) is 29.4 Å². The monoisotopic (exact) mass is 312 g/mol. The van der Waals surface area contributed by atoms with Crippen molar-refractivity contribution in [2.45, 2.75) is 37.1 Å². The van der Waals surface area contributed by atoms with E-state index >= 15 is 0 Å². The van der Waals surface area contributed by atoms with Crippen molar-refractivity contribution in [1.29, 1.82) is 0 Å². The molecule has 0 bridgehead atoms. The summed E-state index contributed by atoms with van der Waals surface area (Å²) in [4.78, 5) is 23.8. The Morgan fingerprint density at radius 1 is 1.22 bits per heavy atom. The van der Waals surface area contributed by atoms with Crippen LogP contribution in [-0.2, 0) is 4.79 Å². The summed E-state index contributed by atoms with van der Waals surface area (Å²) in [7, 11) is 0. The summed E-state index contributed by atoms with van der Waals surface area (Å²) in [5, 5.41) is 16.1. The smallest absolute Gasteiger partial charge is 0.311 e. The van der Waals surface area contributed by atoms with Gasteiger partial charge in [0.2, 0.25) is 0 Å². The van der Waals surface area contributed by atoms with Crippen LogP contribution in [0.3, 0.4) is 0 Å². The van der Waals surface area contributed by atoms with E-state index in [4.69, 9.17) is 4.52 Å². The normalized spacial score (nSPS) is 22.6. The van der Waals surface area contributed by atoms with Gasteiger partial charge in [-0.2, -0.15) is 0 Å². The highest BCUT2D eigenvalue weighted by Gasteiger charge is 2.36. The van der Waals surface area contributed by atoms with Crippen LogP contribution in [-0.4, -0.2) is 22.1 Å². The summed E-state index contributed by atoms with van der Waals surface area (Å²) in [6.07, 6.45) is 2.51. The first-order valence-corrected chi connectivity index (χ1v) is 7.72. The molecule has 1 aromatic carbocycles. The number of carboxylic acids is 1. The van der Waals surface area contributed by atoms with Gasteiger partial charge in [0, 0.05) is 12.0 Å². The highest BCUT2D eigenvalue weighted by atomic mass is 16.5. The third-order valence-electron chi connectivity index (χ3n) is 4.56. The molecule has 0 spiro atoms. The van der Waals surface area contributed by atoms with Crippen molar-refractivity contribution in [3.8, 4) is 0 Å². The van der Waals surface area contributed by atoms with E-state index in [1.54, 1.807) is 6.07 Å². The number of nitrogens with one attached hydrogen (secondary N) is 1. The molecule has 2 unspecified atom stereocenters. The maximum atomic E-state index is 12.4. The molecular formula is C17H16N2O4. The first kappa shape index (κ1) is 14.0. The standard InChI is InChI=1S/C17H16N2O4/c20-16(14-8-15(23-19-14)9-5-6-9)18-13-7-12(17(21)22)10-3-1-2-4-11(10)13/h1-4,8-9,12-13H,5-7H2,(H,18,20)(H,21,22). The zero-order valence-electron chi connectivity index (χ0n) is 12.4. The van der Waals surface area contributed by atoms with Crippen LogP contribution in [0.5, 0.6) is 0 Å². The number of benzene rings is 1. The second kappa shape index (κ2) is 5.22. The lowest BCUT2D eigenvalue weighted by Gasteiger charge is -2.12. The van der Waals surface area contributed by atoms with Gasteiger partial charge in [-0.25, -0.2) is 0 Å². The molecule has 1 fully saturated rings. The molecule has 2 aliphatic carbocycles. The second-order valence-electron chi connectivity index (χ2n) is 6.17. The van der Waals surface area contributed by atoms with Gasteiger partial charge in [0.1, 0.15) is 5.76 Å². The van der Waals surface area contributed by atoms with Crippen molar-refractivity contribution in [2.24, 2.45) is 0 Å². The van der Waals surface area contributed by atoms with E-state index in [9.17, 15) is 14.7 Å². The number of carboxylic acid groups (broad SMARTS) is 1. The van der Waals surface area contributed by atoms with E-state index in [0.29, 0.717) is 12.3 Å². The summed E-state index contributed by atoms with van der Waals surface area (Å²) in [5.74, 6) is -0.632. The molecule has 1 heterocycles. The summed E-state index contributed by atoms with van der Waals surface area (Å²) < 4.78 is 5.20. The lowest BCUT2D eigenvalue weighted by molar-refractivity contribution is -0.138. The highest BCUT2D eigenvalue weighted by Crippen LogP contribution is 2.41. The predicted molar refractivity (Wildman–Crippen MR) is 80.1 cm³/mol. The van der Waals surface area contributed by atoms with Gasteiger partial charge >= 0.3 is 5.97 Å². The zero-order valence-corrected chi connectivity index (χ0v) is 12.4. The molecule has 2 atom stereocenters. The maximum absolute atomic E-state index is 12.4. The van der Waals surface area contributed by atoms with Crippen LogP contribution in [0.15, 0.2) is 34.9 Å². The van der Waals surface area contributed by atoms with Gasteiger partial charge < -0.3 is 14.9 Å². The Hall–Kier alpha value is -2.63. The lowest BCUT2D eigenvalue weighted by atomic mass is 10.0. The minimum Gasteiger partial charge on any atom is -0.481 e. The first-order chi connectivity index (χ1) is 11.1. The largest absolute Gasteiger partial charge is 0.481 e. The number of hydrogen-bond donors (Lipinski definition) is 2. The van der Waals surface area contributed by atoms with Crippen molar-refractivity contribution in [2.75, 3.05) is 0 Å². The molecule has 1 amide bonds. The molecule has 2 aromatic rings. The van der Waals surface area contributed by atoms with Gasteiger partial charge in [0.25, 0.3) is 5.91 Å². The molecule has 2 N–H and O–H groups in total. The van der Waals surface area contributed by atoms with E-state index in [1.165, 1.54) is 0 Å². The van der Waals surface area contributed by atoms with Crippen LogP contribution in [0.2, 0.25) is 0 Å². The second-order valence-corrected chi connectivity index (χ2v) is 6.17. The molecule has 0 saturated heterocycles. The number of nitrogens with zero attached hydrogens (tertiary/aromatic N) is 1. The van der Waals surface area contributed by atoms with Gasteiger partial charge in [-0.3, -0.25) is 9.59 Å². The molecular weight excluding hydrogens is 296 g/mol. The van der Waals surface area contributed by atoms with Crippen molar-refractivity contribution in [3.05, 3.63) is 52.9 Å². The topological polar surface area (TPSA) is 92.4 Å². The summed E-state index contributed by atoms with van der Waals surface area (Å²) in [6.45, 7) is 0. The molecule has 0 radical (unpaired) electrons. The Labute approximate surface area is 132 Å². The summed E-state index contributed by atoms with van der Waals surface area (Å²) in [5.41, 5.74) is 1.88. The van der Waals surface area contributed by atoms with Crippen molar-refractivity contribution >= 4 is 11.9 Å². The Bertz CT molecular complexity index is 778. The fourth-order valence-corrected chi connectivity index (χ4v) is 3.19. The van der Waals surface area contributed by atoms with Crippen LogP contribution in [0.4, 0.5) is 0 Å². The van der Waals surface area contributed by atoms with Gasteiger partial charge in [-0.15, -0.1) is 0 Å². The number of rotatable bonds is 4. The van der Waals surface area contributed by atoms with Crippen molar-refractivity contribution in [3.63, 3.8) is 0 Å².